The molecule has 6 nitrogen and oxygen atoms in total. The standard InChI is InChI=1S/C21H22ClN3O3/c1-21(2,3)18(28-20(22)26)19(25-14-23-13-24-25)27-17-11-9-16(10-12-17)15-7-5-4-6-8-15/h4-14,18-19H,1-3H3. The maximum absolute atomic E-state index is 11.5. The zero-order chi connectivity index (χ0) is 20.1. The highest BCUT2D eigenvalue weighted by Gasteiger charge is 2.39. The van der Waals surface area contributed by atoms with E-state index in [1.807, 2.05) is 75.4 Å². The molecule has 0 amide bonds. The monoisotopic (exact) mass is 399 g/mol. The van der Waals surface area contributed by atoms with Crippen molar-refractivity contribution in [2.45, 2.75) is 33.1 Å². The van der Waals surface area contributed by atoms with Gasteiger partial charge in [0.25, 0.3) is 0 Å². The topological polar surface area (TPSA) is 66.2 Å². The Labute approximate surface area is 169 Å². The second-order valence-electron chi connectivity index (χ2n) is 7.42. The third-order valence-corrected chi connectivity index (χ3v) is 4.34. The zero-order valence-electron chi connectivity index (χ0n) is 15.9. The molecule has 0 N–H and O–H groups in total. The highest BCUT2D eigenvalue weighted by Crippen LogP contribution is 2.34. The van der Waals surface area contributed by atoms with E-state index in [0.29, 0.717) is 5.75 Å². The van der Waals surface area contributed by atoms with Gasteiger partial charge >= 0.3 is 5.43 Å². The van der Waals surface area contributed by atoms with E-state index >= 15 is 0 Å². The van der Waals surface area contributed by atoms with Crippen molar-refractivity contribution >= 4 is 17.0 Å². The molecule has 146 valence electrons. The van der Waals surface area contributed by atoms with Gasteiger partial charge in [-0.3, -0.25) is 0 Å². The fourth-order valence-corrected chi connectivity index (χ4v) is 2.96. The Bertz CT molecular complexity index is 891. The summed E-state index contributed by atoms with van der Waals surface area (Å²) in [6.07, 6.45) is 1.50. The van der Waals surface area contributed by atoms with Gasteiger partial charge in [0.05, 0.1) is 0 Å². The number of benzene rings is 2. The molecule has 0 bridgehead atoms. The van der Waals surface area contributed by atoms with Crippen LogP contribution in [0, 0.1) is 5.41 Å². The molecule has 2 unspecified atom stereocenters. The summed E-state index contributed by atoms with van der Waals surface area (Å²) in [5.41, 5.74) is 0.842. The third-order valence-electron chi connectivity index (χ3n) is 4.25. The maximum Gasteiger partial charge on any atom is 0.404 e. The summed E-state index contributed by atoms with van der Waals surface area (Å²) >= 11 is 5.51. The van der Waals surface area contributed by atoms with Crippen molar-refractivity contribution < 1.29 is 14.3 Å². The van der Waals surface area contributed by atoms with Gasteiger partial charge in [0, 0.05) is 17.0 Å². The molecular formula is C21H22ClN3O3. The fourth-order valence-electron chi connectivity index (χ4n) is 2.86. The number of hydrogen-bond acceptors (Lipinski definition) is 5. The maximum atomic E-state index is 11.5. The second-order valence-corrected chi connectivity index (χ2v) is 7.73. The summed E-state index contributed by atoms with van der Waals surface area (Å²) in [6, 6.07) is 17.8. The van der Waals surface area contributed by atoms with Gasteiger partial charge in [-0.25, -0.2) is 14.5 Å². The number of carbonyl (C=O) groups excluding carboxylic acids is 1. The summed E-state index contributed by atoms with van der Waals surface area (Å²) in [5.74, 6) is 0.611. The van der Waals surface area contributed by atoms with Crippen molar-refractivity contribution in [2.75, 3.05) is 0 Å². The Morgan fingerprint density at radius 1 is 1.04 bits per heavy atom. The zero-order valence-corrected chi connectivity index (χ0v) is 16.7. The Kier molecular flexibility index (Phi) is 5.99. The van der Waals surface area contributed by atoms with Gasteiger partial charge in [-0.05, 0) is 23.3 Å². The molecule has 0 saturated carbocycles. The van der Waals surface area contributed by atoms with Crippen molar-refractivity contribution in [2.24, 2.45) is 5.41 Å². The van der Waals surface area contributed by atoms with E-state index < -0.39 is 23.2 Å². The average Bonchev–Trinajstić information content (AvgIpc) is 3.19. The lowest BCUT2D eigenvalue weighted by molar-refractivity contribution is -0.0729. The number of carbonyl (C=O) groups is 1. The molecule has 3 aromatic rings. The molecular weight excluding hydrogens is 378 g/mol. The molecule has 7 heteroatoms. The molecule has 0 aliphatic heterocycles. The van der Waals surface area contributed by atoms with Crippen LogP contribution >= 0.6 is 11.6 Å². The molecule has 1 aromatic heterocycles. The predicted octanol–water partition coefficient (Wildman–Crippen LogP) is 5.31. The van der Waals surface area contributed by atoms with Crippen LogP contribution in [0.1, 0.15) is 27.0 Å². The lowest BCUT2D eigenvalue weighted by atomic mass is 9.88. The van der Waals surface area contributed by atoms with E-state index in [9.17, 15) is 4.79 Å². The first kappa shape index (κ1) is 19.9. The molecule has 1 heterocycles. The Morgan fingerprint density at radius 2 is 1.68 bits per heavy atom. The first-order valence-electron chi connectivity index (χ1n) is 8.87. The quantitative estimate of drug-likeness (QED) is 0.525. The molecule has 0 aliphatic carbocycles. The largest absolute Gasteiger partial charge is 0.465 e. The van der Waals surface area contributed by atoms with Gasteiger partial charge in [-0.2, -0.15) is 5.10 Å². The van der Waals surface area contributed by atoms with Gasteiger partial charge in [0.1, 0.15) is 18.4 Å². The van der Waals surface area contributed by atoms with Crippen LogP contribution in [0.25, 0.3) is 11.1 Å². The van der Waals surface area contributed by atoms with Crippen LogP contribution < -0.4 is 4.74 Å². The second kappa shape index (κ2) is 8.44. The smallest absolute Gasteiger partial charge is 0.404 e. The molecule has 3 rings (SSSR count). The summed E-state index contributed by atoms with van der Waals surface area (Å²) in [7, 11) is 0. The van der Waals surface area contributed by atoms with Crippen molar-refractivity contribution in [3.05, 3.63) is 67.3 Å². The number of rotatable bonds is 6. The molecule has 0 fully saturated rings. The molecule has 0 aliphatic rings. The van der Waals surface area contributed by atoms with Crippen LogP contribution in [0.15, 0.2) is 67.3 Å². The summed E-state index contributed by atoms with van der Waals surface area (Å²) < 4.78 is 13.1. The number of ether oxygens (including phenoxy) is 2. The third kappa shape index (κ3) is 4.89. The van der Waals surface area contributed by atoms with Gasteiger partial charge in [-0.15, -0.1) is 0 Å². The van der Waals surface area contributed by atoms with Gasteiger partial charge in [-0.1, -0.05) is 63.2 Å². The lowest BCUT2D eigenvalue weighted by Crippen LogP contribution is -2.41. The first-order chi connectivity index (χ1) is 13.3. The van der Waals surface area contributed by atoms with E-state index in [0.717, 1.165) is 11.1 Å². The normalized spacial score (nSPS) is 13.6. The van der Waals surface area contributed by atoms with Crippen LogP contribution in [0.2, 0.25) is 0 Å². The van der Waals surface area contributed by atoms with E-state index in [-0.39, 0.29) is 0 Å². The van der Waals surface area contributed by atoms with E-state index in [1.54, 1.807) is 0 Å². The number of hydrogen-bond donors (Lipinski definition) is 0. The van der Waals surface area contributed by atoms with Crippen LogP contribution in [0.5, 0.6) is 5.75 Å². The number of halogens is 1. The van der Waals surface area contributed by atoms with Crippen molar-refractivity contribution in [1.82, 2.24) is 14.8 Å². The van der Waals surface area contributed by atoms with E-state index in [4.69, 9.17) is 21.1 Å². The Balaban J connectivity index is 1.88. The van der Waals surface area contributed by atoms with Crippen LogP contribution in [-0.2, 0) is 4.74 Å². The molecule has 0 saturated heterocycles. The fraction of sp³-hybridized carbons (Fsp3) is 0.286. The van der Waals surface area contributed by atoms with Crippen LogP contribution in [0.4, 0.5) is 4.79 Å². The summed E-state index contributed by atoms with van der Waals surface area (Å²) in [4.78, 5) is 15.5. The lowest BCUT2D eigenvalue weighted by Gasteiger charge is -2.35. The minimum Gasteiger partial charge on any atom is -0.465 e. The average molecular weight is 400 g/mol. The summed E-state index contributed by atoms with van der Waals surface area (Å²) in [5, 5.41) is 4.17. The number of nitrogens with zero attached hydrogens (tertiary/aromatic N) is 3. The number of aromatic nitrogens is 3. The molecule has 0 radical (unpaired) electrons. The highest BCUT2D eigenvalue weighted by molar-refractivity contribution is 6.61. The highest BCUT2D eigenvalue weighted by atomic mass is 35.5. The van der Waals surface area contributed by atoms with Gasteiger partial charge in [0.15, 0.2) is 6.10 Å². The van der Waals surface area contributed by atoms with E-state index in [1.165, 1.54) is 17.3 Å². The Morgan fingerprint density at radius 3 is 2.21 bits per heavy atom. The molecule has 0 spiro atoms. The first-order valence-corrected chi connectivity index (χ1v) is 9.25. The van der Waals surface area contributed by atoms with Crippen molar-refractivity contribution in [3.8, 4) is 16.9 Å². The summed E-state index contributed by atoms with van der Waals surface area (Å²) in [6.45, 7) is 5.80. The van der Waals surface area contributed by atoms with Crippen LogP contribution in [0.3, 0.4) is 0 Å². The van der Waals surface area contributed by atoms with E-state index in [2.05, 4.69) is 10.1 Å². The van der Waals surface area contributed by atoms with Crippen molar-refractivity contribution in [1.29, 1.82) is 0 Å². The minimum atomic E-state index is -0.895. The van der Waals surface area contributed by atoms with Gasteiger partial charge < -0.3 is 9.47 Å². The molecule has 2 atom stereocenters. The van der Waals surface area contributed by atoms with Gasteiger partial charge in [0.2, 0.25) is 6.23 Å². The minimum absolute atomic E-state index is 0.453. The van der Waals surface area contributed by atoms with Crippen molar-refractivity contribution in [3.63, 3.8) is 0 Å². The molecule has 2 aromatic carbocycles. The predicted molar refractivity (Wildman–Crippen MR) is 107 cm³/mol. The molecule has 28 heavy (non-hydrogen) atoms. The van der Waals surface area contributed by atoms with Crippen LogP contribution in [-0.4, -0.2) is 26.3 Å². The SMILES string of the molecule is CC(C)(C)C(OC(=O)Cl)C(Oc1ccc(-c2ccccc2)cc1)n1cncn1. The Hall–Kier alpha value is -2.86.